The number of hydrogen-bond donors (Lipinski definition) is 2. The molecule has 122 valence electrons. The highest BCUT2D eigenvalue weighted by atomic mass is 19.4. The molecular weight excluding hydrogens is 287 g/mol. The Labute approximate surface area is 122 Å². The van der Waals surface area contributed by atoms with Crippen LogP contribution >= 0.6 is 0 Å². The molecule has 2 aliphatic rings. The van der Waals surface area contributed by atoms with Gasteiger partial charge in [-0.3, -0.25) is 4.79 Å². The molecular formula is C14H22F3NO3. The Bertz CT molecular complexity index is 393. The fraction of sp³-hybridized carbons (Fsp3) is 0.929. The van der Waals surface area contributed by atoms with Crippen LogP contribution in [0.15, 0.2) is 0 Å². The molecule has 0 amide bonds. The molecule has 2 rings (SSSR count). The molecule has 1 heterocycles. The summed E-state index contributed by atoms with van der Waals surface area (Å²) in [5, 5.41) is 12.9. The molecule has 0 aromatic heterocycles. The van der Waals surface area contributed by atoms with Crippen molar-refractivity contribution >= 4 is 5.97 Å². The first-order chi connectivity index (χ1) is 9.64. The lowest BCUT2D eigenvalue weighted by Gasteiger charge is -2.41. The molecule has 2 fully saturated rings. The van der Waals surface area contributed by atoms with Crippen LogP contribution in [0.2, 0.25) is 0 Å². The van der Waals surface area contributed by atoms with Gasteiger partial charge in [0.1, 0.15) is 6.10 Å². The molecule has 0 radical (unpaired) electrons. The number of aliphatic hydroxyl groups is 1. The molecule has 5 atom stereocenters. The molecule has 0 aromatic carbocycles. The van der Waals surface area contributed by atoms with E-state index in [-0.39, 0.29) is 18.4 Å². The van der Waals surface area contributed by atoms with Gasteiger partial charge in [-0.25, -0.2) is 0 Å². The molecule has 21 heavy (non-hydrogen) atoms. The summed E-state index contributed by atoms with van der Waals surface area (Å²) in [6, 6.07) is 0.0580. The second kappa shape index (κ2) is 5.76. The average Bonchev–Trinajstić information content (AvgIpc) is 3.21. The lowest BCUT2D eigenvalue weighted by atomic mass is 9.75. The van der Waals surface area contributed by atoms with Crippen LogP contribution in [-0.2, 0) is 9.53 Å². The van der Waals surface area contributed by atoms with Crippen molar-refractivity contribution in [2.24, 2.45) is 11.8 Å². The number of nitrogens with one attached hydrogen (secondary N) is 1. The number of carbonyl (C=O) groups is 1. The number of ether oxygens (including phenoxy) is 1. The fourth-order valence-corrected chi connectivity index (χ4v) is 2.93. The Morgan fingerprint density at radius 1 is 1.33 bits per heavy atom. The van der Waals surface area contributed by atoms with E-state index in [1.165, 1.54) is 0 Å². The molecule has 1 saturated heterocycles. The van der Waals surface area contributed by atoms with E-state index >= 15 is 0 Å². The van der Waals surface area contributed by atoms with Gasteiger partial charge < -0.3 is 15.2 Å². The van der Waals surface area contributed by atoms with Gasteiger partial charge in [0.2, 0.25) is 0 Å². The number of halogens is 3. The molecule has 7 heteroatoms. The number of hydrogen-bond acceptors (Lipinski definition) is 4. The van der Waals surface area contributed by atoms with Gasteiger partial charge in [0, 0.05) is 18.5 Å². The molecule has 0 bridgehead atoms. The van der Waals surface area contributed by atoms with Crippen LogP contribution < -0.4 is 5.32 Å². The van der Waals surface area contributed by atoms with Gasteiger partial charge in [0.25, 0.3) is 0 Å². The molecule has 1 saturated carbocycles. The average molecular weight is 309 g/mol. The van der Waals surface area contributed by atoms with E-state index in [2.05, 4.69) is 5.32 Å². The molecule has 1 aliphatic heterocycles. The summed E-state index contributed by atoms with van der Waals surface area (Å²) >= 11 is 0. The monoisotopic (exact) mass is 309 g/mol. The number of esters is 1. The number of rotatable bonds is 4. The van der Waals surface area contributed by atoms with Crippen LogP contribution in [0.4, 0.5) is 13.2 Å². The van der Waals surface area contributed by atoms with E-state index in [4.69, 9.17) is 4.74 Å². The maximum atomic E-state index is 13.0. The summed E-state index contributed by atoms with van der Waals surface area (Å²) in [7, 11) is 0. The van der Waals surface area contributed by atoms with E-state index in [1.54, 1.807) is 6.92 Å². The molecule has 2 N–H and O–H groups in total. The van der Waals surface area contributed by atoms with Gasteiger partial charge >= 0.3 is 12.1 Å². The smallest absolute Gasteiger partial charge is 0.417 e. The Kier molecular flexibility index (Phi) is 4.54. The normalized spacial score (nSPS) is 33.9. The highest BCUT2D eigenvalue weighted by Crippen LogP contribution is 2.43. The first kappa shape index (κ1) is 16.5. The van der Waals surface area contributed by atoms with Gasteiger partial charge in [-0.15, -0.1) is 0 Å². The van der Waals surface area contributed by atoms with Crippen LogP contribution in [0.1, 0.15) is 39.5 Å². The van der Waals surface area contributed by atoms with Crippen molar-refractivity contribution in [2.75, 3.05) is 6.54 Å². The van der Waals surface area contributed by atoms with Crippen LogP contribution in [-0.4, -0.2) is 41.5 Å². The maximum absolute atomic E-state index is 13.0. The summed E-state index contributed by atoms with van der Waals surface area (Å²) in [6.07, 6.45) is -3.72. The van der Waals surface area contributed by atoms with Crippen molar-refractivity contribution < 1.29 is 27.8 Å². The van der Waals surface area contributed by atoms with Crippen molar-refractivity contribution in [2.45, 2.75) is 63.5 Å². The van der Waals surface area contributed by atoms with E-state index in [1.807, 2.05) is 0 Å². The van der Waals surface area contributed by atoms with Gasteiger partial charge in [-0.05, 0) is 26.2 Å². The highest BCUT2D eigenvalue weighted by Gasteiger charge is 2.58. The van der Waals surface area contributed by atoms with Gasteiger partial charge in [0.05, 0.1) is 5.92 Å². The lowest BCUT2D eigenvalue weighted by molar-refractivity contribution is -0.285. The first-order valence-electron chi connectivity index (χ1n) is 7.37. The third kappa shape index (κ3) is 3.51. The van der Waals surface area contributed by atoms with Crippen LogP contribution in [0.25, 0.3) is 0 Å². The summed E-state index contributed by atoms with van der Waals surface area (Å²) in [5.74, 6) is -1.96. The minimum Gasteiger partial charge on any atom is -0.462 e. The quantitative estimate of drug-likeness (QED) is 0.616. The summed E-state index contributed by atoms with van der Waals surface area (Å²) in [5.41, 5.74) is -2.83. The van der Waals surface area contributed by atoms with Gasteiger partial charge in [0.15, 0.2) is 5.60 Å². The predicted molar refractivity (Wildman–Crippen MR) is 69.5 cm³/mol. The Morgan fingerprint density at radius 3 is 2.43 bits per heavy atom. The minimum atomic E-state index is -4.73. The standard InChI is InChI=1S/C14H22F3NO3/c1-8(10-7-18-10)12(19)21-11-6-4-3-5-9(11)13(2,20)14(15,16)17/h8-11,18,20H,3-7H2,1-2H3. The van der Waals surface area contributed by atoms with Crippen LogP contribution in [0.3, 0.4) is 0 Å². The Hall–Kier alpha value is -0.820. The number of carbonyl (C=O) groups excluding carboxylic acids is 1. The maximum Gasteiger partial charge on any atom is 0.417 e. The third-order valence-corrected chi connectivity index (χ3v) is 4.68. The lowest BCUT2D eigenvalue weighted by Crippen LogP contribution is -2.54. The van der Waals surface area contributed by atoms with Crippen LogP contribution in [0, 0.1) is 11.8 Å². The fourth-order valence-electron chi connectivity index (χ4n) is 2.93. The summed E-state index contributed by atoms with van der Waals surface area (Å²) in [6.45, 7) is 3.20. The Balaban J connectivity index is 2.06. The van der Waals surface area contributed by atoms with Crippen molar-refractivity contribution in [1.29, 1.82) is 0 Å². The number of alkyl halides is 3. The zero-order valence-electron chi connectivity index (χ0n) is 12.2. The van der Waals surface area contributed by atoms with E-state index in [0.29, 0.717) is 19.3 Å². The van der Waals surface area contributed by atoms with E-state index in [9.17, 15) is 23.1 Å². The third-order valence-electron chi connectivity index (χ3n) is 4.68. The highest BCUT2D eigenvalue weighted by molar-refractivity contribution is 5.73. The second-order valence-corrected chi connectivity index (χ2v) is 6.31. The van der Waals surface area contributed by atoms with E-state index in [0.717, 1.165) is 13.5 Å². The summed E-state index contributed by atoms with van der Waals surface area (Å²) < 4.78 is 44.4. The minimum absolute atomic E-state index is 0.0580. The molecule has 4 nitrogen and oxygen atoms in total. The van der Waals surface area contributed by atoms with Crippen molar-refractivity contribution in [3.8, 4) is 0 Å². The molecule has 0 aromatic rings. The second-order valence-electron chi connectivity index (χ2n) is 6.31. The molecule has 1 aliphatic carbocycles. The summed E-state index contributed by atoms with van der Waals surface area (Å²) in [4.78, 5) is 12.0. The topological polar surface area (TPSA) is 68.5 Å². The Morgan fingerprint density at radius 2 is 1.90 bits per heavy atom. The SMILES string of the molecule is CC(C(=O)OC1CCCCC1C(C)(O)C(F)(F)F)C1CN1. The van der Waals surface area contributed by atoms with Gasteiger partial charge in [-0.2, -0.15) is 13.2 Å². The zero-order chi connectivity index (χ0) is 15.8. The van der Waals surface area contributed by atoms with Crippen molar-refractivity contribution in [3.63, 3.8) is 0 Å². The van der Waals surface area contributed by atoms with Crippen LogP contribution in [0.5, 0.6) is 0 Å². The van der Waals surface area contributed by atoms with Crippen molar-refractivity contribution in [3.05, 3.63) is 0 Å². The van der Waals surface area contributed by atoms with Gasteiger partial charge in [-0.1, -0.05) is 13.3 Å². The largest absolute Gasteiger partial charge is 0.462 e. The predicted octanol–water partition coefficient (Wildman–Crippen LogP) is 2.01. The zero-order valence-corrected chi connectivity index (χ0v) is 12.2. The first-order valence-corrected chi connectivity index (χ1v) is 7.37. The van der Waals surface area contributed by atoms with E-state index < -0.39 is 29.8 Å². The van der Waals surface area contributed by atoms with Crippen molar-refractivity contribution in [1.82, 2.24) is 5.32 Å². The molecule has 0 spiro atoms. The molecule has 5 unspecified atom stereocenters.